The van der Waals surface area contributed by atoms with Crippen LogP contribution in [0.15, 0.2) is 18.2 Å². The first-order valence-electron chi connectivity index (χ1n) is 7.57. The van der Waals surface area contributed by atoms with Gasteiger partial charge in [-0.25, -0.2) is 0 Å². The Balaban J connectivity index is 2.00. The second-order valence-electron chi connectivity index (χ2n) is 6.32. The van der Waals surface area contributed by atoms with Crippen molar-refractivity contribution >= 4 is 17.3 Å². The van der Waals surface area contributed by atoms with E-state index in [1.54, 1.807) is 6.07 Å². The third kappa shape index (κ3) is 2.05. The van der Waals surface area contributed by atoms with Crippen LogP contribution in [0.2, 0.25) is 0 Å². The molecule has 0 amide bonds. The summed E-state index contributed by atoms with van der Waals surface area (Å²) < 4.78 is 5.03. The molecule has 1 heterocycles. The van der Waals surface area contributed by atoms with E-state index in [0.717, 1.165) is 24.8 Å². The van der Waals surface area contributed by atoms with Crippen LogP contribution in [-0.4, -0.2) is 31.1 Å². The first-order valence-corrected chi connectivity index (χ1v) is 7.57. The first kappa shape index (κ1) is 14.8. The van der Waals surface area contributed by atoms with Crippen LogP contribution < -0.4 is 4.90 Å². The number of para-hydroxylation sites is 1. The van der Waals surface area contributed by atoms with E-state index in [4.69, 9.17) is 4.74 Å². The maximum atomic E-state index is 12.3. The number of aryl methyl sites for hydroxylation is 1. The Morgan fingerprint density at radius 2 is 2.27 bits per heavy atom. The van der Waals surface area contributed by atoms with Crippen molar-refractivity contribution in [3.63, 3.8) is 0 Å². The summed E-state index contributed by atoms with van der Waals surface area (Å²) in [6.07, 6.45) is 2.80. The monoisotopic (exact) mass is 304 g/mol. The first-order chi connectivity index (χ1) is 10.5. The highest BCUT2D eigenvalue weighted by molar-refractivity contribution is 5.81. The molecule has 1 saturated carbocycles. The lowest BCUT2D eigenvalue weighted by Gasteiger charge is -2.26. The van der Waals surface area contributed by atoms with E-state index in [0.29, 0.717) is 18.8 Å². The zero-order valence-electron chi connectivity index (χ0n) is 12.9. The van der Waals surface area contributed by atoms with Crippen LogP contribution in [0, 0.1) is 28.4 Å². The molecule has 3 rings (SSSR count). The summed E-state index contributed by atoms with van der Waals surface area (Å²) in [5.41, 5.74) is 1.13. The summed E-state index contributed by atoms with van der Waals surface area (Å²) in [6, 6.07) is 5.10. The van der Waals surface area contributed by atoms with Crippen LogP contribution in [0.5, 0.6) is 0 Å². The Morgan fingerprint density at radius 1 is 1.50 bits per heavy atom. The fraction of sp³-hybridized carbons (Fsp3) is 0.562. The summed E-state index contributed by atoms with van der Waals surface area (Å²) in [5.74, 6) is 0.0490. The van der Waals surface area contributed by atoms with E-state index in [2.05, 4.69) is 0 Å². The SMILES string of the molecule is COC(=O)C12CCCC1CN(c1c(C)cccc1[N+](=O)[O-])C2. The number of anilines is 1. The number of hydrogen-bond donors (Lipinski definition) is 0. The average Bonchev–Trinajstić information content (AvgIpc) is 3.03. The van der Waals surface area contributed by atoms with Gasteiger partial charge in [0.2, 0.25) is 0 Å². The Morgan fingerprint density at radius 3 is 2.95 bits per heavy atom. The normalized spacial score (nSPS) is 26.8. The molecular weight excluding hydrogens is 284 g/mol. The van der Waals surface area contributed by atoms with E-state index < -0.39 is 5.41 Å². The highest BCUT2D eigenvalue weighted by atomic mass is 16.6. The van der Waals surface area contributed by atoms with Gasteiger partial charge in [0.1, 0.15) is 5.69 Å². The fourth-order valence-corrected chi connectivity index (χ4v) is 4.20. The molecule has 0 radical (unpaired) electrons. The minimum absolute atomic E-state index is 0.111. The number of carbonyl (C=O) groups excluding carboxylic acids is 1. The molecule has 6 heteroatoms. The lowest BCUT2D eigenvalue weighted by atomic mass is 9.81. The summed E-state index contributed by atoms with van der Waals surface area (Å²) in [4.78, 5) is 25.3. The quantitative estimate of drug-likeness (QED) is 0.487. The predicted octanol–water partition coefficient (Wildman–Crippen LogP) is 2.68. The Bertz CT molecular complexity index is 631. The fourth-order valence-electron chi connectivity index (χ4n) is 4.20. The van der Waals surface area contributed by atoms with Crippen molar-refractivity contribution in [1.29, 1.82) is 0 Å². The van der Waals surface area contributed by atoms with Gasteiger partial charge in [0.15, 0.2) is 0 Å². The summed E-state index contributed by atoms with van der Waals surface area (Å²) in [7, 11) is 1.42. The van der Waals surface area contributed by atoms with Gasteiger partial charge in [0.05, 0.1) is 17.4 Å². The standard InChI is InChI=1S/C16H20N2O4/c1-11-5-3-7-13(18(20)21)14(11)17-9-12-6-4-8-16(12,10-17)15(19)22-2/h3,5,7,12H,4,6,8-10H2,1-2H3. The molecule has 6 nitrogen and oxygen atoms in total. The number of nitro groups is 1. The Labute approximate surface area is 129 Å². The van der Waals surface area contributed by atoms with Gasteiger partial charge in [0.25, 0.3) is 5.69 Å². The van der Waals surface area contributed by atoms with Crippen molar-refractivity contribution in [1.82, 2.24) is 0 Å². The molecule has 1 aromatic carbocycles. The number of rotatable bonds is 3. The summed E-state index contributed by atoms with van der Waals surface area (Å²) >= 11 is 0. The van der Waals surface area contributed by atoms with E-state index in [1.807, 2.05) is 17.9 Å². The number of nitro benzene ring substituents is 1. The van der Waals surface area contributed by atoms with Crippen LogP contribution in [0.25, 0.3) is 0 Å². The van der Waals surface area contributed by atoms with Crippen LogP contribution >= 0.6 is 0 Å². The molecule has 0 spiro atoms. The molecule has 1 saturated heterocycles. The van der Waals surface area contributed by atoms with E-state index in [9.17, 15) is 14.9 Å². The molecule has 2 aliphatic rings. The summed E-state index contributed by atoms with van der Waals surface area (Å²) in [5, 5.41) is 11.3. The number of benzene rings is 1. The van der Waals surface area contributed by atoms with Crippen molar-refractivity contribution < 1.29 is 14.5 Å². The van der Waals surface area contributed by atoms with Gasteiger partial charge < -0.3 is 9.64 Å². The van der Waals surface area contributed by atoms with Gasteiger partial charge in [-0.2, -0.15) is 0 Å². The van der Waals surface area contributed by atoms with E-state index in [1.165, 1.54) is 13.2 Å². The van der Waals surface area contributed by atoms with Crippen LogP contribution in [-0.2, 0) is 9.53 Å². The van der Waals surface area contributed by atoms with Crippen molar-refractivity contribution in [3.05, 3.63) is 33.9 Å². The topological polar surface area (TPSA) is 72.7 Å². The van der Waals surface area contributed by atoms with Crippen LogP contribution in [0.3, 0.4) is 0 Å². The average molecular weight is 304 g/mol. The Kier molecular flexibility index (Phi) is 3.54. The van der Waals surface area contributed by atoms with Gasteiger partial charge in [-0.15, -0.1) is 0 Å². The van der Waals surface area contributed by atoms with Crippen molar-refractivity contribution in [2.75, 3.05) is 25.1 Å². The van der Waals surface area contributed by atoms with E-state index in [-0.39, 0.29) is 22.5 Å². The lowest BCUT2D eigenvalue weighted by Crippen LogP contribution is -2.37. The molecule has 0 N–H and O–H groups in total. The highest BCUT2D eigenvalue weighted by Crippen LogP contribution is 2.51. The maximum Gasteiger partial charge on any atom is 0.313 e. The minimum atomic E-state index is -0.495. The molecule has 1 aliphatic heterocycles. The molecular formula is C16H20N2O4. The minimum Gasteiger partial charge on any atom is -0.469 e. The molecule has 2 atom stereocenters. The number of ether oxygens (including phenoxy) is 1. The Hall–Kier alpha value is -2.11. The predicted molar refractivity (Wildman–Crippen MR) is 81.8 cm³/mol. The second kappa shape index (κ2) is 5.26. The van der Waals surface area contributed by atoms with Gasteiger partial charge >= 0.3 is 5.97 Å². The third-order valence-corrected chi connectivity index (χ3v) is 5.19. The number of hydrogen-bond acceptors (Lipinski definition) is 5. The summed E-state index contributed by atoms with van der Waals surface area (Å²) in [6.45, 7) is 3.07. The number of methoxy groups -OCH3 is 1. The maximum absolute atomic E-state index is 12.3. The largest absolute Gasteiger partial charge is 0.469 e. The molecule has 2 unspecified atom stereocenters. The molecule has 1 aliphatic carbocycles. The van der Waals surface area contributed by atoms with E-state index >= 15 is 0 Å². The van der Waals surface area contributed by atoms with Crippen molar-refractivity contribution in [2.45, 2.75) is 26.2 Å². The zero-order valence-corrected chi connectivity index (χ0v) is 12.9. The van der Waals surface area contributed by atoms with Crippen molar-refractivity contribution in [3.8, 4) is 0 Å². The third-order valence-electron chi connectivity index (χ3n) is 5.19. The van der Waals surface area contributed by atoms with Gasteiger partial charge in [0, 0.05) is 19.2 Å². The number of carbonyl (C=O) groups is 1. The van der Waals surface area contributed by atoms with Crippen molar-refractivity contribution in [2.24, 2.45) is 11.3 Å². The molecule has 0 aromatic heterocycles. The molecule has 0 bridgehead atoms. The second-order valence-corrected chi connectivity index (χ2v) is 6.32. The van der Waals surface area contributed by atoms with Gasteiger partial charge in [-0.3, -0.25) is 14.9 Å². The van der Waals surface area contributed by atoms with Gasteiger partial charge in [-0.05, 0) is 31.2 Å². The van der Waals surface area contributed by atoms with Crippen LogP contribution in [0.4, 0.5) is 11.4 Å². The number of fused-ring (bicyclic) bond motifs is 1. The number of nitrogens with zero attached hydrogens (tertiary/aromatic N) is 2. The number of esters is 1. The van der Waals surface area contributed by atoms with Gasteiger partial charge in [-0.1, -0.05) is 18.6 Å². The molecule has 2 fully saturated rings. The molecule has 22 heavy (non-hydrogen) atoms. The smallest absolute Gasteiger partial charge is 0.313 e. The molecule has 118 valence electrons. The zero-order chi connectivity index (χ0) is 15.9. The van der Waals surface area contributed by atoms with Crippen LogP contribution in [0.1, 0.15) is 24.8 Å². The highest BCUT2D eigenvalue weighted by Gasteiger charge is 2.56. The molecule has 1 aromatic rings. The lowest BCUT2D eigenvalue weighted by molar-refractivity contribution is -0.384.